The molecule has 2 fully saturated rings. The summed E-state index contributed by atoms with van der Waals surface area (Å²) in [6.45, 7) is 2.05. The van der Waals surface area contributed by atoms with Gasteiger partial charge in [0.05, 0.1) is 0 Å². The Hall–Kier alpha value is -1.26. The van der Waals surface area contributed by atoms with Crippen LogP contribution >= 0.6 is 23.2 Å². The summed E-state index contributed by atoms with van der Waals surface area (Å²) in [7, 11) is 0. The lowest BCUT2D eigenvalue weighted by molar-refractivity contribution is -0.131. The van der Waals surface area contributed by atoms with E-state index in [0.717, 1.165) is 24.8 Å². The molecule has 1 aromatic rings. The van der Waals surface area contributed by atoms with Gasteiger partial charge in [-0.25, -0.2) is 4.79 Å². The van der Waals surface area contributed by atoms with Gasteiger partial charge in [-0.3, -0.25) is 9.69 Å². The van der Waals surface area contributed by atoms with Gasteiger partial charge in [0, 0.05) is 12.5 Å². The first-order chi connectivity index (χ1) is 10.8. The number of nitrogens with one attached hydrogen (secondary N) is 1. The third-order valence-electron chi connectivity index (χ3n) is 5.31. The van der Waals surface area contributed by atoms with Gasteiger partial charge in [-0.2, -0.15) is 0 Å². The zero-order valence-electron chi connectivity index (χ0n) is 12.9. The van der Waals surface area contributed by atoms with Crippen molar-refractivity contribution in [1.82, 2.24) is 10.2 Å². The number of hydrogen-bond acceptors (Lipinski definition) is 2. The minimum Gasteiger partial charge on any atom is -0.319 e. The Bertz CT molecular complexity index is 719. The van der Waals surface area contributed by atoms with Crippen LogP contribution in [0.1, 0.15) is 36.5 Å². The number of halogens is 2. The van der Waals surface area contributed by atoms with Crippen molar-refractivity contribution >= 4 is 35.1 Å². The summed E-state index contributed by atoms with van der Waals surface area (Å²) < 4.78 is -0.798. The van der Waals surface area contributed by atoms with Gasteiger partial charge in [-0.05, 0) is 49.3 Å². The fraction of sp³-hybridized carbons (Fsp3) is 0.529. The Labute approximate surface area is 145 Å². The molecule has 1 saturated carbocycles. The second-order valence-corrected chi connectivity index (χ2v) is 8.51. The van der Waals surface area contributed by atoms with E-state index in [-0.39, 0.29) is 24.4 Å². The maximum Gasteiger partial charge on any atom is 0.325 e. The van der Waals surface area contributed by atoms with Crippen LogP contribution in [-0.2, 0) is 23.2 Å². The van der Waals surface area contributed by atoms with Gasteiger partial charge in [-0.15, -0.1) is 23.2 Å². The maximum atomic E-state index is 12.9. The number of carbonyl (C=O) groups is 2. The number of imide groups is 1. The number of rotatable bonds is 3. The van der Waals surface area contributed by atoms with Crippen molar-refractivity contribution < 1.29 is 9.59 Å². The molecule has 0 unspecified atom stereocenters. The standard InChI is InChI=1S/C17H18Cl2N2O2/c1-16(12-6-5-10-3-2-4-11(10)7-12)14(22)21(15(23)20-16)9-13-8-17(13,18)19/h5-7,13H,2-4,8-9H2,1H3,(H,20,23)/t13-,16-/m1/s1. The quantitative estimate of drug-likeness (QED) is 0.671. The van der Waals surface area contributed by atoms with Crippen LogP contribution in [0, 0.1) is 5.92 Å². The minimum absolute atomic E-state index is 0.0390. The van der Waals surface area contributed by atoms with E-state index in [0.29, 0.717) is 6.42 Å². The molecule has 0 spiro atoms. The first kappa shape index (κ1) is 15.3. The molecular formula is C17H18Cl2N2O2. The molecule has 1 saturated heterocycles. The van der Waals surface area contributed by atoms with Gasteiger partial charge >= 0.3 is 6.03 Å². The number of nitrogens with zero attached hydrogens (tertiary/aromatic N) is 1. The van der Waals surface area contributed by atoms with E-state index < -0.39 is 9.87 Å². The topological polar surface area (TPSA) is 49.4 Å². The number of fused-ring (bicyclic) bond motifs is 1. The van der Waals surface area contributed by atoms with Crippen LogP contribution in [0.25, 0.3) is 0 Å². The van der Waals surface area contributed by atoms with Gasteiger partial charge in [0.2, 0.25) is 0 Å². The highest BCUT2D eigenvalue weighted by Crippen LogP contribution is 2.53. The van der Waals surface area contributed by atoms with Gasteiger partial charge < -0.3 is 5.32 Å². The highest BCUT2D eigenvalue weighted by atomic mass is 35.5. The fourth-order valence-corrected chi connectivity index (χ4v) is 4.14. The third kappa shape index (κ3) is 2.34. The molecule has 1 heterocycles. The second-order valence-electron chi connectivity index (χ2n) is 6.97. The van der Waals surface area contributed by atoms with E-state index in [4.69, 9.17) is 23.2 Å². The highest BCUT2D eigenvalue weighted by molar-refractivity contribution is 6.50. The van der Waals surface area contributed by atoms with Crippen molar-refractivity contribution in [3.8, 4) is 0 Å². The molecule has 2 atom stereocenters. The lowest BCUT2D eigenvalue weighted by atomic mass is 9.89. The van der Waals surface area contributed by atoms with Crippen LogP contribution < -0.4 is 5.32 Å². The Balaban J connectivity index is 1.61. The first-order valence-corrected chi connectivity index (χ1v) is 8.71. The Morgan fingerprint density at radius 1 is 1.26 bits per heavy atom. The van der Waals surface area contributed by atoms with E-state index in [2.05, 4.69) is 17.4 Å². The highest BCUT2D eigenvalue weighted by Gasteiger charge is 2.56. The number of alkyl halides is 2. The van der Waals surface area contributed by atoms with Crippen molar-refractivity contribution in [1.29, 1.82) is 0 Å². The molecule has 1 N–H and O–H groups in total. The Kier molecular flexibility index (Phi) is 3.23. The molecule has 4 nitrogen and oxygen atoms in total. The molecule has 1 aliphatic heterocycles. The van der Waals surface area contributed by atoms with E-state index in [1.807, 2.05) is 6.07 Å². The molecule has 2 aliphatic carbocycles. The van der Waals surface area contributed by atoms with Gasteiger partial charge in [0.1, 0.15) is 9.87 Å². The molecule has 0 aromatic heterocycles. The fourth-order valence-electron chi connectivity index (χ4n) is 3.63. The van der Waals surface area contributed by atoms with Crippen molar-refractivity contribution in [3.63, 3.8) is 0 Å². The lowest BCUT2D eigenvalue weighted by Gasteiger charge is -2.23. The van der Waals surface area contributed by atoms with Crippen molar-refractivity contribution in [2.24, 2.45) is 5.92 Å². The summed E-state index contributed by atoms with van der Waals surface area (Å²) in [6.07, 6.45) is 3.89. The van der Waals surface area contributed by atoms with Crippen LogP contribution in [0.4, 0.5) is 4.79 Å². The number of aryl methyl sites for hydroxylation is 2. The molecule has 0 radical (unpaired) electrons. The van der Waals surface area contributed by atoms with Crippen LogP contribution in [-0.4, -0.2) is 27.7 Å². The van der Waals surface area contributed by atoms with E-state index in [9.17, 15) is 9.59 Å². The zero-order chi connectivity index (χ0) is 16.4. The smallest absolute Gasteiger partial charge is 0.319 e. The predicted molar refractivity (Wildman–Crippen MR) is 88.6 cm³/mol. The van der Waals surface area contributed by atoms with Crippen molar-refractivity contribution in [3.05, 3.63) is 34.9 Å². The molecule has 0 bridgehead atoms. The van der Waals surface area contributed by atoms with Gasteiger partial charge in [0.15, 0.2) is 0 Å². The van der Waals surface area contributed by atoms with Crippen LogP contribution in [0.15, 0.2) is 18.2 Å². The number of benzene rings is 1. The molecule has 6 heteroatoms. The number of carbonyl (C=O) groups excluding carboxylic acids is 2. The Morgan fingerprint density at radius 2 is 1.96 bits per heavy atom. The van der Waals surface area contributed by atoms with Crippen LogP contribution in [0.2, 0.25) is 0 Å². The molecule has 122 valence electrons. The molecule has 23 heavy (non-hydrogen) atoms. The summed E-state index contributed by atoms with van der Waals surface area (Å²) in [4.78, 5) is 26.4. The zero-order valence-corrected chi connectivity index (χ0v) is 14.4. The summed E-state index contributed by atoms with van der Waals surface area (Å²) in [6, 6.07) is 5.73. The van der Waals surface area contributed by atoms with Gasteiger partial charge in [-0.1, -0.05) is 18.2 Å². The minimum atomic E-state index is -1.01. The second kappa shape index (κ2) is 4.87. The summed E-state index contributed by atoms with van der Waals surface area (Å²) in [5.74, 6) is -0.264. The molecule has 4 rings (SSSR count). The molecular weight excluding hydrogens is 335 g/mol. The van der Waals surface area contributed by atoms with E-state index in [1.54, 1.807) is 6.92 Å². The molecule has 3 amide bonds. The van der Waals surface area contributed by atoms with E-state index in [1.165, 1.54) is 16.0 Å². The monoisotopic (exact) mass is 352 g/mol. The average molecular weight is 353 g/mol. The normalized spacial score (nSPS) is 31.3. The molecule has 1 aromatic carbocycles. The van der Waals surface area contributed by atoms with E-state index >= 15 is 0 Å². The number of amides is 3. The third-order valence-corrected chi connectivity index (χ3v) is 6.24. The lowest BCUT2D eigenvalue weighted by Crippen LogP contribution is -2.41. The Morgan fingerprint density at radius 3 is 2.65 bits per heavy atom. The predicted octanol–water partition coefficient (Wildman–Crippen LogP) is 3.14. The van der Waals surface area contributed by atoms with Crippen LogP contribution in [0.3, 0.4) is 0 Å². The molecule has 3 aliphatic rings. The van der Waals surface area contributed by atoms with Crippen LogP contribution in [0.5, 0.6) is 0 Å². The van der Waals surface area contributed by atoms with Gasteiger partial charge in [0.25, 0.3) is 5.91 Å². The van der Waals surface area contributed by atoms with Crippen molar-refractivity contribution in [2.45, 2.75) is 42.5 Å². The summed E-state index contributed by atoms with van der Waals surface area (Å²) in [5, 5.41) is 2.85. The summed E-state index contributed by atoms with van der Waals surface area (Å²) in [5.41, 5.74) is 2.47. The average Bonchev–Trinajstić information content (AvgIpc) is 2.85. The number of urea groups is 1. The SMILES string of the molecule is C[C@]1(c2ccc3c(c2)CCC3)NC(=O)N(C[C@H]2CC2(Cl)Cl)C1=O. The summed E-state index contributed by atoms with van der Waals surface area (Å²) >= 11 is 12.1. The first-order valence-electron chi connectivity index (χ1n) is 7.95. The van der Waals surface area contributed by atoms with Crippen molar-refractivity contribution in [2.75, 3.05) is 6.54 Å². The maximum absolute atomic E-state index is 12.9. The number of hydrogen-bond donors (Lipinski definition) is 1. The largest absolute Gasteiger partial charge is 0.325 e.